The number of benzene rings is 3. The highest BCUT2D eigenvalue weighted by Crippen LogP contribution is 2.24. The lowest BCUT2D eigenvalue weighted by Gasteiger charge is -2.05. The van der Waals surface area contributed by atoms with Gasteiger partial charge in [-0.2, -0.15) is 5.10 Å². The number of carbonyl (C=O) groups excluding carboxylic acids is 2. The van der Waals surface area contributed by atoms with Crippen molar-refractivity contribution in [3.8, 4) is 22.7 Å². The van der Waals surface area contributed by atoms with Crippen molar-refractivity contribution < 1.29 is 18.7 Å². The summed E-state index contributed by atoms with van der Waals surface area (Å²) in [5.41, 5.74) is 4.20. The standard InChI is InChI=1S/C30H25N3O4/c1-21(34)22-12-14-26(15-13-22)36-20-27-16-17-28(37-27)30(35)31-18-24-19-33(25-10-6-3-7-11-25)32-29(24)23-8-4-2-5-9-23/h2-17,19H,18,20H2,1H3,(H,31,35). The predicted molar refractivity (Wildman–Crippen MR) is 140 cm³/mol. The average Bonchev–Trinajstić information content (AvgIpc) is 3.59. The van der Waals surface area contributed by atoms with Crippen LogP contribution in [0.1, 0.15) is 39.2 Å². The Morgan fingerprint density at radius 1 is 0.892 bits per heavy atom. The quantitative estimate of drug-likeness (QED) is 0.262. The second-order valence-corrected chi connectivity index (χ2v) is 8.47. The van der Waals surface area contributed by atoms with Gasteiger partial charge in [0.05, 0.1) is 11.4 Å². The van der Waals surface area contributed by atoms with Crippen molar-refractivity contribution in [2.24, 2.45) is 0 Å². The molecule has 0 atom stereocenters. The van der Waals surface area contributed by atoms with E-state index in [0.717, 1.165) is 22.5 Å². The molecule has 0 saturated carbocycles. The summed E-state index contributed by atoms with van der Waals surface area (Å²) in [4.78, 5) is 24.2. The van der Waals surface area contributed by atoms with Crippen molar-refractivity contribution in [3.63, 3.8) is 0 Å². The fourth-order valence-corrected chi connectivity index (χ4v) is 3.87. The number of ether oxygens (including phenoxy) is 1. The number of hydrogen-bond acceptors (Lipinski definition) is 5. The molecule has 0 spiro atoms. The van der Waals surface area contributed by atoms with Crippen LogP contribution in [0.2, 0.25) is 0 Å². The van der Waals surface area contributed by atoms with Crippen LogP contribution in [-0.4, -0.2) is 21.5 Å². The molecule has 0 radical (unpaired) electrons. The Balaban J connectivity index is 1.25. The molecule has 0 aliphatic carbocycles. The summed E-state index contributed by atoms with van der Waals surface area (Å²) in [5.74, 6) is 0.987. The van der Waals surface area contributed by atoms with E-state index < -0.39 is 0 Å². The van der Waals surface area contributed by atoms with Gasteiger partial charge in [0.2, 0.25) is 0 Å². The Morgan fingerprint density at radius 2 is 1.59 bits per heavy atom. The third-order valence-corrected chi connectivity index (χ3v) is 5.82. The minimum atomic E-state index is -0.330. The Kier molecular flexibility index (Phi) is 6.94. The summed E-state index contributed by atoms with van der Waals surface area (Å²) >= 11 is 0. The molecule has 5 rings (SSSR count). The number of para-hydroxylation sites is 1. The third kappa shape index (κ3) is 5.67. The molecule has 3 aromatic carbocycles. The van der Waals surface area contributed by atoms with Gasteiger partial charge in [0.15, 0.2) is 11.5 Å². The Morgan fingerprint density at radius 3 is 2.30 bits per heavy atom. The number of carbonyl (C=O) groups is 2. The van der Waals surface area contributed by atoms with Crippen LogP contribution in [0.3, 0.4) is 0 Å². The van der Waals surface area contributed by atoms with Crippen molar-refractivity contribution in [3.05, 3.63) is 126 Å². The SMILES string of the molecule is CC(=O)c1ccc(OCc2ccc(C(=O)NCc3cn(-c4ccccc4)nc3-c3ccccc3)o2)cc1. The molecule has 0 aliphatic heterocycles. The van der Waals surface area contributed by atoms with E-state index in [1.807, 2.05) is 71.5 Å². The van der Waals surface area contributed by atoms with E-state index in [1.165, 1.54) is 6.92 Å². The molecule has 0 fully saturated rings. The van der Waals surface area contributed by atoms with E-state index in [0.29, 0.717) is 17.1 Å². The molecule has 2 aromatic heterocycles. The second-order valence-electron chi connectivity index (χ2n) is 8.47. The van der Waals surface area contributed by atoms with Crippen LogP contribution >= 0.6 is 0 Å². The lowest BCUT2D eigenvalue weighted by atomic mass is 10.1. The topological polar surface area (TPSA) is 86.4 Å². The van der Waals surface area contributed by atoms with Gasteiger partial charge in [-0.3, -0.25) is 9.59 Å². The van der Waals surface area contributed by atoms with Crippen molar-refractivity contribution in [1.82, 2.24) is 15.1 Å². The second kappa shape index (κ2) is 10.8. The molecule has 7 heteroatoms. The van der Waals surface area contributed by atoms with Crippen LogP contribution in [0, 0.1) is 0 Å². The van der Waals surface area contributed by atoms with Crippen molar-refractivity contribution >= 4 is 11.7 Å². The molecule has 0 bridgehead atoms. The molecule has 0 aliphatic rings. The van der Waals surface area contributed by atoms with Gasteiger partial charge in [0.1, 0.15) is 18.1 Å². The number of rotatable bonds is 9. The van der Waals surface area contributed by atoms with Crippen LogP contribution in [-0.2, 0) is 13.2 Å². The van der Waals surface area contributed by atoms with E-state index in [4.69, 9.17) is 14.3 Å². The first-order valence-electron chi connectivity index (χ1n) is 11.9. The van der Waals surface area contributed by atoms with Crippen molar-refractivity contribution in [2.45, 2.75) is 20.1 Å². The first-order chi connectivity index (χ1) is 18.1. The van der Waals surface area contributed by atoms with Gasteiger partial charge >= 0.3 is 0 Å². The van der Waals surface area contributed by atoms with Crippen LogP contribution in [0.15, 0.2) is 108 Å². The summed E-state index contributed by atoms with van der Waals surface area (Å²) in [6.07, 6.45) is 1.93. The number of amides is 1. The molecule has 7 nitrogen and oxygen atoms in total. The molecule has 1 N–H and O–H groups in total. The molecule has 0 saturated heterocycles. The lowest BCUT2D eigenvalue weighted by molar-refractivity contribution is 0.0918. The van der Waals surface area contributed by atoms with Crippen molar-refractivity contribution in [2.75, 3.05) is 0 Å². The molecule has 0 unspecified atom stereocenters. The first-order valence-corrected chi connectivity index (χ1v) is 11.9. The minimum Gasteiger partial charge on any atom is -0.486 e. The van der Waals surface area contributed by atoms with Gasteiger partial charge in [-0.25, -0.2) is 4.68 Å². The van der Waals surface area contributed by atoms with E-state index in [1.54, 1.807) is 36.4 Å². The van der Waals surface area contributed by atoms with E-state index in [9.17, 15) is 9.59 Å². The van der Waals surface area contributed by atoms with Crippen molar-refractivity contribution in [1.29, 1.82) is 0 Å². The molecule has 184 valence electrons. The number of nitrogens with one attached hydrogen (secondary N) is 1. The van der Waals surface area contributed by atoms with Gasteiger partial charge in [-0.1, -0.05) is 48.5 Å². The Bertz CT molecular complexity index is 1500. The average molecular weight is 492 g/mol. The van der Waals surface area contributed by atoms with Crippen LogP contribution in [0.4, 0.5) is 0 Å². The third-order valence-electron chi connectivity index (χ3n) is 5.82. The van der Waals surface area contributed by atoms with Gasteiger partial charge in [0.25, 0.3) is 5.91 Å². The van der Waals surface area contributed by atoms with Gasteiger partial charge in [0, 0.05) is 29.4 Å². The fourth-order valence-electron chi connectivity index (χ4n) is 3.87. The van der Waals surface area contributed by atoms with Crippen LogP contribution < -0.4 is 10.1 Å². The number of hydrogen-bond donors (Lipinski definition) is 1. The number of furan rings is 1. The monoisotopic (exact) mass is 491 g/mol. The zero-order valence-corrected chi connectivity index (χ0v) is 20.3. The lowest BCUT2D eigenvalue weighted by Crippen LogP contribution is -2.22. The van der Waals surface area contributed by atoms with Crippen LogP contribution in [0.25, 0.3) is 16.9 Å². The zero-order valence-electron chi connectivity index (χ0n) is 20.3. The highest BCUT2D eigenvalue weighted by molar-refractivity contribution is 5.94. The maximum Gasteiger partial charge on any atom is 0.287 e. The largest absolute Gasteiger partial charge is 0.486 e. The number of ketones is 1. The van der Waals surface area contributed by atoms with E-state index >= 15 is 0 Å². The Hall–Kier alpha value is -4.91. The highest BCUT2D eigenvalue weighted by Gasteiger charge is 2.16. The normalized spacial score (nSPS) is 10.7. The maximum atomic E-state index is 12.8. The fraction of sp³-hybridized carbons (Fsp3) is 0.100. The zero-order chi connectivity index (χ0) is 25.6. The Labute approximate surface area is 214 Å². The molecule has 5 aromatic rings. The molecule has 2 heterocycles. The number of Topliss-reactive ketones (excluding diaryl/α,β-unsaturated/α-hetero) is 1. The summed E-state index contributed by atoms with van der Waals surface area (Å²) < 4.78 is 13.2. The number of aromatic nitrogens is 2. The summed E-state index contributed by atoms with van der Waals surface area (Å²) in [6, 6.07) is 29.9. The van der Waals surface area contributed by atoms with E-state index in [2.05, 4.69) is 5.32 Å². The van der Waals surface area contributed by atoms with E-state index in [-0.39, 0.29) is 30.6 Å². The highest BCUT2D eigenvalue weighted by atomic mass is 16.5. The minimum absolute atomic E-state index is 0.00320. The predicted octanol–water partition coefficient (Wildman–Crippen LogP) is 5.84. The van der Waals surface area contributed by atoms with Gasteiger partial charge in [-0.15, -0.1) is 0 Å². The van der Waals surface area contributed by atoms with Gasteiger partial charge in [-0.05, 0) is 55.5 Å². The number of nitrogens with zero attached hydrogens (tertiary/aromatic N) is 2. The molecule has 1 amide bonds. The maximum absolute atomic E-state index is 12.8. The smallest absolute Gasteiger partial charge is 0.287 e. The molecular weight excluding hydrogens is 466 g/mol. The summed E-state index contributed by atoms with van der Waals surface area (Å²) in [5, 5.41) is 7.72. The molecular formula is C30H25N3O4. The summed E-state index contributed by atoms with van der Waals surface area (Å²) in [6.45, 7) is 1.96. The summed E-state index contributed by atoms with van der Waals surface area (Å²) in [7, 11) is 0. The molecule has 37 heavy (non-hydrogen) atoms. The van der Waals surface area contributed by atoms with Crippen LogP contribution in [0.5, 0.6) is 5.75 Å². The van der Waals surface area contributed by atoms with Gasteiger partial charge < -0.3 is 14.5 Å². The first kappa shape index (κ1) is 23.8.